The predicted molar refractivity (Wildman–Crippen MR) is 132 cm³/mol. The van der Waals surface area contributed by atoms with Crippen molar-refractivity contribution in [2.45, 2.75) is 45.7 Å². The van der Waals surface area contributed by atoms with Crippen molar-refractivity contribution in [3.63, 3.8) is 0 Å². The highest BCUT2D eigenvalue weighted by molar-refractivity contribution is 6.00. The third-order valence-corrected chi connectivity index (χ3v) is 6.21. The van der Waals surface area contributed by atoms with Crippen LogP contribution in [0.2, 0.25) is 0 Å². The smallest absolute Gasteiger partial charge is 0.250 e. The summed E-state index contributed by atoms with van der Waals surface area (Å²) in [5.41, 5.74) is 2.66. The van der Waals surface area contributed by atoms with Gasteiger partial charge in [-0.3, -0.25) is 9.59 Å². The molecule has 0 saturated heterocycles. The molecule has 0 aliphatic rings. The second-order valence-corrected chi connectivity index (χ2v) is 8.38. The van der Waals surface area contributed by atoms with E-state index in [-0.39, 0.29) is 18.2 Å². The number of nitrogens with one attached hydrogen (secondary N) is 1. The van der Waals surface area contributed by atoms with E-state index in [1.165, 1.54) is 0 Å². The molecule has 0 fully saturated rings. The van der Waals surface area contributed by atoms with Crippen molar-refractivity contribution in [1.29, 1.82) is 0 Å². The normalized spacial score (nSPS) is 12.5. The molecule has 0 spiro atoms. The molecule has 1 N–H and O–H groups in total. The minimum atomic E-state index is -1.03. The van der Waals surface area contributed by atoms with Gasteiger partial charge < -0.3 is 15.0 Å². The average Bonchev–Trinajstić information content (AvgIpc) is 2.84. The zero-order valence-electron chi connectivity index (χ0n) is 19.8. The molecule has 3 rings (SSSR count). The Kier molecular flexibility index (Phi) is 7.88. The summed E-state index contributed by atoms with van der Waals surface area (Å²) < 4.78 is 5.20. The van der Waals surface area contributed by atoms with Crippen LogP contribution in [-0.2, 0) is 22.6 Å². The van der Waals surface area contributed by atoms with Crippen LogP contribution in [0.3, 0.4) is 0 Å². The standard InChI is InChI=1S/C28H32N2O3/c1-5-28(3,27(32)29-24-15-17-25(33-4)18-16-24)30(20-23-14-10-9-11-21(23)2)26(31)19-22-12-7-6-8-13-22/h6-18H,5,19-20H2,1-4H3,(H,29,32). The van der Waals surface area contributed by atoms with Crippen molar-refractivity contribution in [2.75, 3.05) is 12.4 Å². The Morgan fingerprint density at radius 1 is 0.939 bits per heavy atom. The molecule has 3 aromatic rings. The number of hydrogen-bond donors (Lipinski definition) is 1. The number of rotatable bonds is 9. The van der Waals surface area contributed by atoms with E-state index in [1.54, 1.807) is 36.3 Å². The second kappa shape index (κ2) is 10.8. The Morgan fingerprint density at radius 3 is 2.18 bits per heavy atom. The number of hydrogen-bond acceptors (Lipinski definition) is 3. The Labute approximate surface area is 196 Å². The molecule has 0 heterocycles. The molecular formula is C28H32N2O3. The van der Waals surface area contributed by atoms with Crippen LogP contribution in [0.4, 0.5) is 5.69 Å². The fraction of sp³-hybridized carbons (Fsp3) is 0.286. The minimum absolute atomic E-state index is 0.0846. The predicted octanol–water partition coefficient (Wildman–Crippen LogP) is 5.38. The van der Waals surface area contributed by atoms with E-state index >= 15 is 0 Å². The fourth-order valence-corrected chi connectivity index (χ4v) is 3.78. The maximum absolute atomic E-state index is 13.6. The van der Waals surface area contributed by atoms with Gasteiger partial charge in [0.25, 0.3) is 0 Å². The van der Waals surface area contributed by atoms with Gasteiger partial charge >= 0.3 is 0 Å². The van der Waals surface area contributed by atoms with E-state index in [4.69, 9.17) is 4.74 Å². The van der Waals surface area contributed by atoms with Crippen molar-refractivity contribution in [2.24, 2.45) is 0 Å². The summed E-state index contributed by atoms with van der Waals surface area (Å²) in [5, 5.41) is 3.00. The van der Waals surface area contributed by atoms with E-state index in [2.05, 4.69) is 5.32 Å². The summed E-state index contributed by atoms with van der Waals surface area (Å²) in [6, 6.07) is 24.8. The van der Waals surface area contributed by atoms with Crippen LogP contribution in [0.5, 0.6) is 5.75 Å². The number of ether oxygens (including phenoxy) is 1. The monoisotopic (exact) mass is 444 g/mol. The van der Waals surface area contributed by atoms with E-state index in [0.717, 1.165) is 16.7 Å². The number of carbonyl (C=O) groups excluding carboxylic acids is 2. The Morgan fingerprint density at radius 2 is 1.58 bits per heavy atom. The van der Waals surface area contributed by atoms with Crippen molar-refractivity contribution in [3.05, 3.63) is 95.6 Å². The van der Waals surface area contributed by atoms with E-state index in [0.29, 0.717) is 24.4 Å². The molecule has 0 aromatic heterocycles. The van der Waals surface area contributed by atoms with E-state index in [1.807, 2.05) is 75.4 Å². The highest BCUT2D eigenvalue weighted by Gasteiger charge is 2.40. The molecule has 33 heavy (non-hydrogen) atoms. The van der Waals surface area contributed by atoms with Crippen molar-refractivity contribution in [1.82, 2.24) is 4.90 Å². The first-order valence-corrected chi connectivity index (χ1v) is 11.2. The fourth-order valence-electron chi connectivity index (χ4n) is 3.78. The van der Waals surface area contributed by atoms with Gasteiger partial charge in [-0.2, -0.15) is 0 Å². The molecule has 2 amide bonds. The molecule has 0 bridgehead atoms. The molecule has 5 heteroatoms. The number of amides is 2. The third kappa shape index (κ3) is 5.80. The minimum Gasteiger partial charge on any atom is -0.497 e. The summed E-state index contributed by atoms with van der Waals surface area (Å²) >= 11 is 0. The molecule has 172 valence electrons. The first-order chi connectivity index (χ1) is 15.9. The summed E-state index contributed by atoms with van der Waals surface area (Å²) in [4.78, 5) is 28.9. The van der Waals surface area contributed by atoms with E-state index < -0.39 is 5.54 Å². The lowest BCUT2D eigenvalue weighted by molar-refractivity contribution is -0.145. The SMILES string of the molecule is CCC(C)(C(=O)Nc1ccc(OC)cc1)N(Cc1ccccc1C)C(=O)Cc1ccccc1. The molecule has 5 nitrogen and oxygen atoms in total. The summed E-state index contributed by atoms with van der Waals surface area (Å²) in [7, 11) is 1.60. The lowest BCUT2D eigenvalue weighted by atomic mass is 9.92. The largest absolute Gasteiger partial charge is 0.497 e. The molecule has 0 saturated carbocycles. The van der Waals surface area contributed by atoms with Crippen LogP contribution in [-0.4, -0.2) is 29.4 Å². The van der Waals surface area contributed by atoms with Gasteiger partial charge in [-0.25, -0.2) is 0 Å². The maximum atomic E-state index is 13.6. The zero-order valence-corrected chi connectivity index (χ0v) is 19.8. The van der Waals surface area contributed by atoms with Crippen molar-refractivity contribution in [3.8, 4) is 5.75 Å². The van der Waals surface area contributed by atoms with E-state index in [9.17, 15) is 9.59 Å². The Balaban J connectivity index is 1.92. The Bertz CT molecular complexity index is 1080. The van der Waals surface area contributed by atoms with Gasteiger partial charge in [-0.1, -0.05) is 61.5 Å². The van der Waals surface area contributed by atoms with Crippen LogP contribution >= 0.6 is 0 Å². The summed E-state index contributed by atoms with van der Waals surface area (Å²) in [6.45, 7) is 6.16. The maximum Gasteiger partial charge on any atom is 0.250 e. The highest BCUT2D eigenvalue weighted by Crippen LogP contribution is 2.27. The topological polar surface area (TPSA) is 58.6 Å². The molecule has 1 atom stereocenters. The summed E-state index contributed by atoms with van der Waals surface area (Å²) in [5.74, 6) is 0.411. The molecule has 3 aromatic carbocycles. The lowest BCUT2D eigenvalue weighted by Crippen LogP contribution is -2.56. The number of anilines is 1. The average molecular weight is 445 g/mol. The first kappa shape index (κ1) is 24.1. The number of benzene rings is 3. The van der Waals surface area contributed by atoms with Gasteiger partial charge in [-0.05, 0) is 61.2 Å². The third-order valence-electron chi connectivity index (χ3n) is 6.21. The molecule has 0 aliphatic carbocycles. The summed E-state index contributed by atoms with van der Waals surface area (Å²) in [6.07, 6.45) is 0.708. The van der Waals surface area contributed by atoms with Gasteiger partial charge in [0.15, 0.2) is 0 Å². The molecular weight excluding hydrogens is 412 g/mol. The van der Waals surface area contributed by atoms with Crippen molar-refractivity contribution >= 4 is 17.5 Å². The first-order valence-electron chi connectivity index (χ1n) is 11.2. The quantitative estimate of drug-likeness (QED) is 0.482. The van der Waals surface area contributed by atoms with Crippen LogP contribution < -0.4 is 10.1 Å². The van der Waals surface area contributed by atoms with Gasteiger partial charge in [0.2, 0.25) is 11.8 Å². The van der Waals surface area contributed by atoms with Gasteiger partial charge in [0.1, 0.15) is 11.3 Å². The second-order valence-electron chi connectivity index (χ2n) is 8.38. The lowest BCUT2D eigenvalue weighted by Gasteiger charge is -2.40. The van der Waals surface area contributed by atoms with Crippen LogP contribution in [0.25, 0.3) is 0 Å². The highest BCUT2D eigenvalue weighted by atomic mass is 16.5. The van der Waals surface area contributed by atoms with Gasteiger partial charge in [0.05, 0.1) is 13.5 Å². The molecule has 0 radical (unpaired) electrons. The number of nitrogens with zero attached hydrogens (tertiary/aromatic N) is 1. The Hall–Kier alpha value is -3.60. The van der Waals surface area contributed by atoms with Gasteiger partial charge in [-0.15, -0.1) is 0 Å². The van der Waals surface area contributed by atoms with Crippen LogP contribution in [0, 0.1) is 6.92 Å². The zero-order chi connectivity index (χ0) is 23.8. The molecule has 1 unspecified atom stereocenters. The van der Waals surface area contributed by atoms with Crippen molar-refractivity contribution < 1.29 is 14.3 Å². The number of aryl methyl sites for hydroxylation is 1. The number of methoxy groups -OCH3 is 1. The van der Waals surface area contributed by atoms with Crippen LogP contribution in [0.15, 0.2) is 78.9 Å². The van der Waals surface area contributed by atoms with Crippen LogP contribution in [0.1, 0.15) is 37.0 Å². The van der Waals surface area contributed by atoms with Gasteiger partial charge in [0, 0.05) is 12.2 Å². The number of carbonyl (C=O) groups is 2. The molecule has 0 aliphatic heterocycles.